The molecule has 0 aliphatic carbocycles. The van der Waals surface area contributed by atoms with Gasteiger partial charge in [-0.3, -0.25) is 10.00 Å². The number of benzene rings is 1. The summed E-state index contributed by atoms with van der Waals surface area (Å²) < 4.78 is 24.9. The molecule has 0 radical (unpaired) electrons. The highest BCUT2D eigenvalue weighted by Gasteiger charge is 2.24. The Bertz CT molecular complexity index is 851. The minimum atomic E-state index is -0.352. The molecule has 1 atom stereocenters. The first kappa shape index (κ1) is 17.7. The lowest BCUT2D eigenvalue weighted by Gasteiger charge is -2.31. The average molecular weight is 371 g/mol. The number of ether oxygens (including phenoxy) is 2. The minimum absolute atomic E-state index is 0.0776. The van der Waals surface area contributed by atoms with Crippen molar-refractivity contribution in [2.45, 2.75) is 19.1 Å². The second kappa shape index (κ2) is 8.32. The summed E-state index contributed by atoms with van der Waals surface area (Å²) in [4.78, 5) is 9.70. The van der Waals surface area contributed by atoms with Gasteiger partial charge in [0.05, 0.1) is 25.5 Å². The highest BCUT2D eigenvalue weighted by Crippen LogP contribution is 2.22. The van der Waals surface area contributed by atoms with E-state index in [0.717, 1.165) is 36.8 Å². The maximum absolute atomic E-state index is 13.6. The van der Waals surface area contributed by atoms with Crippen molar-refractivity contribution in [3.63, 3.8) is 0 Å². The third-order valence-corrected chi connectivity index (χ3v) is 4.53. The van der Waals surface area contributed by atoms with Crippen LogP contribution >= 0.6 is 0 Å². The summed E-state index contributed by atoms with van der Waals surface area (Å²) in [6, 6.07) is 8.39. The van der Waals surface area contributed by atoms with Gasteiger partial charge >= 0.3 is 0 Å². The van der Waals surface area contributed by atoms with Crippen molar-refractivity contribution in [1.29, 1.82) is 0 Å². The van der Waals surface area contributed by atoms with Gasteiger partial charge in [0.15, 0.2) is 11.6 Å². The maximum Gasteiger partial charge on any atom is 0.165 e. The topological polar surface area (TPSA) is 79.1 Å². The molecule has 3 heterocycles. The normalized spacial score (nSPS) is 17.9. The molecule has 1 saturated heterocycles. The number of morpholine rings is 1. The number of aromatic nitrogens is 4. The van der Waals surface area contributed by atoms with Crippen LogP contribution in [0.1, 0.15) is 23.3 Å². The summed E-state index contributed by atoms with van der Waals surface area (Å²) >= 11 is 0. The summed E-state index contributed by atoms with van der Waals surface area (Å²) in [5.41, 5.74) is 1.81. The number of imidazole rings is 1. The van der Waals surface area contributed by atoms with Crippen molar-refractivity contribution >= 4 is 0 Å². The van der Waals surface area contributed by atoms with Crippen LogP contribution in [0.5, 0.6) is 5.75 Å². The van der Waals surface area contributed by atoms with Crippen LogP contribution in [0.2, 0.25) is 0 Å². The van der Waals surface area contributed by atoms with Crippen LogP contribution in [0, 0.1) is 5.82 Å². The van der Waals surface area contributed by atoms with Crippen molar-refractivity contribution in [3.8, 4) is 5.75 Å². The third-order valence-electron chi connectivity index (χ3n) is 4.53. The average Bonchev–Trinajstić information content (AvgIpc) is 3.36. The van der Waals surface area contributed by atoms with Crippen LogP contribution in [0.4, 0.5) is 4.39 Å². The summed E-state index contributed by atoms with van der Waals surface area (Å²) in [6.07, 6.45) is 4.13. The van der Waals surface area contributed by atoms with Gasteiger partial charge in [-0.2, -0.15) is 5.10 Å². The Kier molecular flexibility index (Phi) is 5.45. The SMILES string of the molecule is Fc1ccccc1OCCc1cc([C@H]2CN(Cc3ncc[nH]3)CCO2)n[nH]1. The standard InChI is InChI=1S/C19H22FN5O2/c20-15-3-1-2-4-17(15)26-9-5-14-11-16(24-23-14)18-12-25(8-10-27-18)13-19-21-6-7-22-19/h1-4,6-7,11,18H,5,8-10,12-13H2,(H,21,22)(H,23,24)/t18-/m1/s1. The number of para-hydroxylation sites is 1. The molecule has 0 spiro atoms. The van der Waals surface area contributed by atoms with Crippen molar-refractivity contribution in [1.82, 2.24) is 25.1 Å². The highest BCUT2D eigenvalue weighted by atomic mass is 19.1. The van der Waals surface area contributed by atoms with Crippen LogP contribution in [0.3, 0.4) is 0 Å². The number of hydrogen-bond acceptors (Lipinski definition) is 5. The van der Waals surface area contributed by atoms with Crippen LogP contribution in [0.25, 0.3) is 0 Å². The minimum Gasteiger partial charge on any atom is -0.490 e. The van der Waals surface area contributed by atoms with Gasteiger partial charge in [0.1, 0.15) is 11.9 Å². The van der Waals surface area contributed by atoms with E-state index in [-0.39, 0.29) is 17.7 Å². The van der Waals surface area contributed by atoms with E-state index < -0.39 is 0 Å². The Hall–Kier alpha value is -2.71. The molecule has 142 valence electrons. The molecule has 1 aliphatic heterocycles. The smallest absolute Gasteiger partial charge is 0.165 e. The lowest BCUT2D eigenvalue weighted by atomic mass is 10.2. The molecule has 0 amide bonds. The largest absolute Gasteiger partial charge is 0.490 e. The Morgan fingerprint density at radius 2 is 2.26 bits per heavy atom. The lowest BCUT2D eigenvalue weighted by molar-refractivity contribution is -0.0356. The van der Waals surface area contributed by atoms with Crippen molar-refractivity contribution in [2.75, 3.05) is 26.3 Å². The van der Waals surface area contributed by atoms with Gasteiger partial charge in [-0.05, 0) is 18.2 Å². The second-order valence-electron chi connectivity index (χ2n) is 6.48. The van der Waals surface area contributed by atoms with Crippen molar-refractivity contribution in [2.24, 2.45) is 0 Å². The van der Waals surface area contributed by atoms with Gasteiger partial charge in [-0.15, -0.1) is 0 Å². The van der Waals surface area contributed by atoms with E-state index in [1.54, 1.807) is 24.4 Å². The first-order valence-corrected chi connectivity index (χ1v) is 9.01. The van der Waals surface area contributed by atoms with Gasteiger partial charge in [-0.1, -0.05) is 12.1 Å². The molecular formula is C19H22FN5O2. The number of nitrogens with zero attached hydrogens (tertiary/aromatic N) is 3. The van der Waals surface area contributed by atoms with Crippen molar-refractivity contribution in [3.05, 3.63) is 65.8 Å². The van der Waals surface area contributed by atoms with E-state index in [0.29, 0.717) is 19.6 Å². The van der Waals surface area contributed by atoms with E-state index in [1.165, 1.54) is 6.07 Å². The molecule has 0 bridgehead atoms. The number of hydrogen-bond donors (Lipinski definition) is 2. The molecule has 2 N–H and O–H groups in total. The number of H-pyrrole nitrogens is 2. The quantitative estimate of drug-likeness (QED) is 0.667. The Morgan fingerprint density at radius 3 is 3.11 bits per heavy atom. The summed E-state index contributed by atoms with van der Waals surface area (Å²) in [5.74, 6) is 0.861. The molecule has 7 nitrogen and oxygen atoms in total. The van der Waals surface area contributed by atoms with Gasteiger partial charge in [0.25, 0.3) is 0 Å². The number of rotatable bonds is 7. The van der Waals surface area contributed by atoms with E-state index in [2.05, 4.69) is 25.1 Å². The molecule has 27 heavy (non-hydrogen) atoms. The summed E-state index contributed by atoms with van der Waals surface area (Å²) in [6.45, 7) is 3.42. The zero-order chi connectivity index (χ0) is 18.5. The number of nitrogens with one attached hydrogen (secondary N) is 2. The fraction of sp³-hybridized carbons (Fsp3) is 0.368. The van der Waals surface area contributed by atoms with Gasteiger partial charge < -0.3 is 14.5 Å². The summed E-state index contributed by atoms with van der Waals surface area (Å²) in [7, 11) is 0. The van der Waals surface area contributed by atoms with E-state index in [9.17, 15) is 4.39 Å². The van der Waals surface area contributed by atoms with Crippen LogP contribution in [-0.4, -0.2) is 51.4 Å². The molecule has 3 aromatic rings. The molecule has 1 aromatic carbocycles. The van der Waals surface area contributed by atoms with Crippen LogP contribution in [-0.2, 0) is 17.7 Å². The molecule has 4 rings (SSSR count). The fourth-order valence-electron chi connectivity index (χ4n) is 3.13. The van der Waals surface area contributed by atoms with E-state index in [4.69, 9.17) is 9.47 Å². The van der Waals surface area contributed by atoms with Crippen LogP contribution < -0.4 is 4.74 Å². The lowest BCUT2D eigenvalue weighted by Crippen LogP contribution is -2.38. The van der Waals surface area contributed by atoms with Crippen molar-refractivity contribution < 1.29 is 13.9 Å². The highest BCUT2D eigenvalue weighted by molar-refractivity contribution is 5.23. The zero-order valence-electron chi connectivity index (χ0n) is 14.9. The fourth-order valence-corrected chi connectivity index (χ4v) is 3.13. The first-order chi connectivity index (χ1) is 13.3. The predicted molar refractivity (Wildman–Crippen MR) is 96.7 cm³/mol. The van der Waals surface area contributed by atoms with E-state index >= 15 is 0 Å². The maximum atomic E-state index is 13.6. The molecule has 1 aliphatic rings. The summed E-state index contributed by atoms with van der Waals surface area (Å²) in [5, 5.41) is 7.41. The van der Waals surface area contributed by atoms with E-state index in [1.807, 2.05) is 12.3 Å². The molecule has 0 saturated carbocycles. The predicted octanol–water partition coefficient (Wildman–Crippen LogP) is 2.47. The van der Waals surface area contributed by atoms with Gasteiger partial charge in [0.2, 0.25) is 0 Å². The Balaban J connectivity index is 1.30. The van der Waals surface area contributed by atoms with Crippen LogP contribution in [0.15, 0.2) is 42.7 Å². The molecule has 2 aromatic heterocycles. The molecule has 1 fully saturated rings. The van der Waals surface area contributed by atoms with Gasteiger partial charge in [0, 0.05) is 37.6 Å². The Morgan fingerprint density at radius 1 is 1.33 bits per heavy atom. The van der Waals surface area contributed by atoms with Gasteiger partial charge in [-0.25, -0.2) is 9.37 Å². The molecular weight excluding hydrogens is 349 g/mol. The number of aromatic amines is 2. The zero-order valence-corrected chi connectivity index (χ0v) is 14.9. The molecule has 0 unspecified atom stereocenters. The Labute approximate surface area is 156 Å². The second-order valence-corrected chi connectivity index (χ2v) is 6.48. The third kappa shape index (κ3) is 4.53. The number of halogens is 1. The first-order valence-electron chi connectivity index (χ1n) is 9.01. The monoisotopic (exact) mass is 371 g/mol. The molecule has 8 heteroatoms.